The smallest absolute Gasteiger partial charge is 0.238 e. The Bertz CT molecular complexity index is 238. The molecule has 14 heavy (non-hydrogen) atoms. The maximum Gasteiger partial charge on any atom is 0.238 e. The number of carbonyl (C=O) groups is 1. The normalized spacial score (nSPS) is 19.0. The first-order valence-electron chi connectivity index (χ1n) is 4.94. The standard InChI is InChI=1S/C7H12N2OS.B3H/c1-3-4-8-7-9(2)6(10)5-11-7;1-3-2/h3-5H2,1-2H3;3H/i;3D. The molecule has 1 aliphatic heterocycles. The van der Waals surface area contributed by atoms with Crippen molar-refractivity contribution in [2.75, 3.05) is 19.3 Å². The predicted octanol–water partition coefficient (Wildman–Crippen LogP) is -0.452. The number of amides is 1. The molecular formula is C7H13B3N2OS. The van der Waals surface area contributed by atoms with Gasteiger partial charge in [-0.2, -0.15) is 0 Å². The van der Waals surface area contributed by atoms with Gasteiger partial charge in [-0.1, -0.05) is 18.7 Å². The molecule has 1 heterocycles. The molecular weight excluding hydrogens is 193 g/mol. The SMILES string of the molecule is CCCN=C1SCC(=O)N1C.[2H]B([B])[B]. The minimum atomic E-state index is -0.917. The molecule has 0 aromatic rings. The molecule has 3 nitrogen and oxygen atoms in total. The molecule has 1 amide bonds. The number of nitrogens with zero attached hydrogens (tertiary/aromatic N) is 2. The zero-order valence-corrected chi connectivity index (χ0v) is 9.38. The largest absolute Gasteiger partial charge is 0.294 e. The van der Waals surface area contributed by atoms with E-state index in [4.69, 9.17) is 1.34 Å². The highest BCUT2D eigenvalue weighted by atomic mass is 32.2. The number of hydrogen-bond acceptors (Lipinski definition) is 3. The number of aliphatic imine (C=N–C) groups is 1. The van der Waals surface area contributed by atoms with E-state index >= 15 is 0 Å². The second kappa shape index (κ2) is 8.03. The molecule has 0 bridgehead atoms. The van der Waals surface area contributed by atoms with Crippen molar-refractivity contribution >= 4 is 45.3 Å². The van der Waals surface area contributed by atoms with Crippen LogP contribution in [0.15, 0.2) is 4.99 Å². The highest BCUT2D eigenvalue weighted by Crippen LogP contribution is 2.16. The van der Waals surface area contributed by atoms with Crippen LogP contribution in [0, 0.1) is 0 Å². The summed E-state index contributed by atoms with van der Waals surface area (Å²) in [5, 5.41) is 0.872. The molecule has 0 aliphatic carbocycles. The first-order chi connectivity index (χ1) is 6.99. The molecule has 0 aromatic carbocycles. The fourth-order valence-corrected chi connectivity index (χ4v) is 1.71. The zero-order chi connectivity index (χ0) is 11.8. The topological polar surface area (TPSA) is 32.7 Å². The molecule has 7 heteroatoms. The fraction of sp³-hybridized carbons (Fsp3) is 0.714. The molecule has 1 aliphatic rings. The second-order valence-electron chi connectivity index (χ2n) is 2.60. The van der Waals surface area contributed by atoms with Crippen molar-refractivity contribution in [2.24, 2.45) is 4.99 Å². The van der Waals surface area contributed by atoms with E-state index in [1.165, 1.54) is 11.8 Å². The fourth-order valence-electron chi connectivity index (χ4n) is 0.786. The van der Waals surface area contributed by atoms with Crippen LogP contribution in [0.3, 0.4) is 0 Å². The van der Waals surface area contributed by atoms with E-state index in [0.717, 1.165) is 18.1 Å². The van der Waals surface area contributed by atoms with E-state index in [0.29, 0.717) is 5.75 Å². The van der Waals surface area contributed by atoms with Crippen LogP contribution in [0.5, 0.6) is 0 Å². The Kier molecular flexibility index (Phi) is 6.75. The van der Waals surface area contributed by atoms with Gasteiger partial charge in [-0.3, -0.25) is 14.7 Å². The first kappa shape index (κ1) is 11.8. The summed E-state index contributed by atoms with van der Waals surface area (Å²) >= 11 is 1.52. The van der Waals surface area contributed by atoms with Gasteiger partial charge >= 0.3 is 0 Å². The Hall–Kier alpha value is -0.315. The van der Waals surface area contributed by atoms with Crippen LogP contribution in [-0.4, -0.2) is 59.2 Å². The van der Waals surface area contributed by atoms with E-state index < -0.39 is 7.02 Å². The maximum absolute atomic E-state index is 11.0. The summed E-state index contributed by atoms with van der Waals surface area (Å²) in [6.45, 7) is 2.89. The summed E-state index contributed by atoms with van der Waals surface area (Å²) in [6.07, 6.45) is 1.03. The molecule has 0 N–H and O–H groups in total. The van der Waals surface area contributed by atoms with Gasteiger partial charge in [0, 0.05) is 36.1 Å². The summed E-state index contributed by atoms with van der Waals surface area (Å²) in [5.74, 6) is 0.712. The zero-order valence-electron chi connectivity index (χ0n) is 9.56. The van der Waals surface area contributed by atoms with Gasteiger partial charge in [-0.05, 0) is 7.76 Å². The lowest BCUT2D eigenvalue weighted by Gasteiger charge is -2.06. The minimum absolute atomic E-state index is 0.157. The highest BCUT2D eigenvalue weighted by molar-refractivity contribution is 8.15. The first-order valence-corrected chi connectivity index (χ1v) is 5.34. The molecule has 1 fully saturated rings. The van der Waals surface area contributed by atoms with Crippen molar-refractivity contribution in [3.05, 3.63) is 0 Å². The molecule has 72 valence electrons. The monoisotopic (exact) mass is 207 g/mol. The maximum atomic E-state index is 11.0. The van der Waals surface area contributed by atoms with Gasteiger partial charge in [0.2, 0.25) is 5.91 Å². The Morgan fingerprint density at radius 3 is 2.71 bits per heavy atom. The van der Waals surface area contributed by atoms with Gasteiger partial charge in [-0.15, -0.1) is 0 Å². The van der Waals surface area contributed by atoms with Crippen molar-refractivity contribution in [3.8, 4) is 0 Å². The summed E-state index contributed by atoms with van der Waals surface area (Å²) in [5.41, 5.74) is 0. The highest BCUT2D eigenvalue weighted by Gasteiger charge is 2.23. The van der Waals surface area contributed by atoms with Crippen LogP contribution >= 0.6 is 11.8 Å². The minimum Gasteiger partial charge on any atom is -0.294 e. The van der Waals surface area contributed by atoms with Crippen molar-refractivity contribution in [1.29, 1.82) is 1.34 Å². The van der Waals surface area contributed by atoms with Gasteiger partial charge in [0.25, 0.3) is 0 Å². The summed E-state index contributed by atoms with van der Waals surface area (Å²) in [7, 11) is 9.97. The number of amidine groups is 1. The molecule has 0 saturated carbocycles. The molecule has 0 atom stereocenters. The number of carbonyl (C=O) groups excluding carboxylic acids is 1. The lowest BCUT2D eigenvalue weighted by molar-refractivity contribution is -0.123. The van der Waals surface area contributed by atoms with Crippen LogP contribution in [0.2, 0.25) is 0 Å². The Labute approximate surface area is 94.5 Å². The molecule has 0 spiro atoms. The van der Waals surface area contributed by atoms with Gasteiger partial charge in [0.1, 0.15) is 0 Å². The number of rotatable bonds is 2. The van der Waals surface area contributed by atoms with Crippen molar-refractivity contribution < 1.29 is 4.79 Å². The second-order valence-corrected chi connectivity index (χ2v) is 3.54. The van der Waals surface area contributed by atoms with Gasteiger partial charge < -0.3 is 0 Å². The molecule has 1 saturated heterocycles. The van der Waals surface area contributed by atoms with Gasteiger partial charge in [-0.25, -0.2) is 0 Å². The van der Waals surface area contributed by atoms with E-state index in [-0.39, 0.29) is 5.91 Å². The number of hydrogen-bond donors (Lipinski definition) is 0. The average Bonchev–Trinajstić information content (AvgIpc) is 2.44. The third kappa shape index (κ3) is 4.79. The molecule has 0 aromatic heterocycles. The van der Waals surface area contributed by atoms with Crippen LogP contribution in [0.1, 0.15) is 13.3 Å². The summed E-state index contributed by atoms with van der Waals surface area (Å²) in [6, 6.07) is 0. The molecule has 0 unspecified atom stereocenters. The van der Waals surface area contributed by atoms with Crippen LogP contribution in [-0.2, 0) is 4.79 Å². The van der Waals surface area contributed by atoms with Gasteiger partial charge in [0.05, 0.1) is 5.75 Å². The third-order valence-electron chi connectivity index (χ3n) is 1.46. The lowest BCUT2D eigenvalue weighted by Crippen LogP contribution is -2.24. The van der Waals surface area contributed by atoms with Crippen LogP contribution < -0.4 is 0 Å². The molecule has 4 radical (unpaired) electrons. The van der Waals surface area contributed by atoms with Crippen LogP contribution in [0.25, 0.3) is 0 Å². The Balaban J connectivity index is 0.000000423. The lowest BCUT2D eigenvalue weighted by atomic mass is 9.40. The third-order valence-corrected chi connectivity index (χ3v) is 2.51. The van der Waals surface area contributed by atoms with E-state index in [1.807, 2.05) is 0 Å². The quantitative estimate of drug-likeness (QED) is 0.574. The molecule has 1 rings (SSSR count). The van der Waals surface area contributed by atoms with Crippen molar-refractivity contribution in [1.82, 2.24) is 4.90 Å². The average molecular weight is 207 g/mol. The Morgan fingerprint density at radius 2 is 2.36 bits per heavy atom. The summed E-state index contributed by atoms with van der Waals surface area (Å²) in [4.78, 5) is 16.9. The van der Waals surface area contributed by atoms with Crippen molar-refractivity contribution in [2.45, 2.75) is 13.3 Å². The Morgan fingerprint density at radius 1 is 1.79 bits per heavy atom. The van der Waals surface area contributed by atoms with Crippen molar-refractivity contribution in [3.63, 3.8) is 0 Å². The van der Waals surface area contributed by atoms with E-state index in [1.54, 1.807) is 11.9 Å². The van der Waals surface area contributed by atoms with Crippen LogP contribution in [0.4, 0.5) is 0 Å². The number of thioether (sulfide) groups is 1. The van der Waals surface area contributed by atoms with E-state index in [9.17, 15) is 4.79 Å². The summed E-state index contributed by atoms with van der Waals surface area (Å²) < 4.78 is 6.14. The van der Waals surface area contributed by atoms with Gasteiger partial charge in [0.15, 0.2) is 5.17 Å². The predicted molar refractivity (Wildman–Crippen MR) is 66.5 cm³/mol. The van der Waals surface area contributed by atoms with E-state index in [2.05, 4.69) is 27.4 Å².